The number of carbonyl (C=O) groups excluding carboxylic acids is 2. The standard InChI is InChI=1S/C25H23F3N4O2/c1-29-23(33)6-9-31-25(34)18-3-2-4-21-17(18)7-10-32(21)22-14-15(5-8-30-22)11-16-12-19(26)24(28)20(27)13-16/h2-5,8,12-14H,6-7,9-11H2,1H3,(H,29,33)(H,31,34). The molecule has 2 heterocycles. The Balaban J connectivity index is 1.53. The molecule has 1 aliphatic rings. The van der Waals surface area contributed by atoms with E-state index in [1.807, 2.05) is 17.0 Å². The van der Waals surface area contributed by atoms with Crippen LogP contribution in [0.4, 0.5) is 24.7 Å². The van der Waals surface area contributed by atoms with Gasteiger partial charge in [-0.25, -0.2) is 18.2 Å². The average molecular weight is 468 g/mol. The zero-order valence-electron chi connectivity index (χ0n) is 18.5. The lowest BCUT2D eigenvalue weighted by atomic mass is 10.0. The molecular weight excluding hydrogens is 445 g/mol. The quantitative estimate of drug-likeness (QED) is 0.520. The summed E-state index contributed by atoms with van der Waals surface area (Å²) in [5.74, 6) is -3.69. The van der Waals surface area contributed by atoms with Crippen LogP contribution in [0.2, 0.25) is 0 Å². The second-order valence-corrected chi connectivity index (χ2v) is 7.96. The molecule has 0 fully saturated rings. The SMILES string of the molecule is CNC(=O)CCNC(=O)c1cccc2c1CCN2c1cc(Cc2cc(F)c(F)c(F)c2)ccn1. The normalized spacial score (nSPS) is 12.4. The minimum atomic E-state index is -1.48. The Kier molecular flexibility index (Phi) is 6.81. The Bertz CT molecular complexity index is 1230. The Morgan fingerprint density at radius 3 is 2.56 bits per heavy atom. The first-order valence-electron chi connectivity index (χ1n) is 10.8. The van der Waals surface area contributed by atoms with E-state index in [-0.39, 0.29) is 31.2 Å². The largest absolute Gasteiger partial charge is 0.359 e. The highest BCUT2D eigenvalue weighted by Crippen LogP contribution is 2.36. The van der Waals surface area contributed by atoms with Gasteiger partial charge < -0.3 is 15.5 Å². The van der Waals surface area contributed by atoms with Crippen molar-refractivity contribution in [2.75, 3.05) is 25.0 Å². The van der Waals surface area contributed by atoms with E-state index in [4.69, 9.17) is 0 Å². The summed E-state index contributed by atoms with van der Waals surface area (Å²) in [7, 11) is 1.54. The van der Waals surface area contributed by atoms with Crippen molar-refractivity contribution < 1.29 is 22.8 Å². The number of benzene rings is 2. The maximum atomic E-state index is 13.6. The molecule has 0 saturated carbocycles. The molecule has 0 radical (unpaired) electrons. The molecule has 0 saturated heterocycles. The van der Waals surface area contributed by atoms with Gasteiger partial charge in [0, 0.05) is 44.0 Å². The van der Waals surface area contributed by atoms with Gasteiger partial charge in [-0.05, 0) is 65.9 Å². The van der Waals surface area contributed by atoms with Gasteiger partial charge in [-0.3, -0.25) is 9.59 Å². The number of carbonyl (C=O) groups is 2. The summed E-state index contributed by atoms with van der Waals surface area (Å²) >= 11 is 0. The summed E-state index contributed by atoms with van der Waals surface area (Å²) in [4.78, 5) is 30.5. The molecule has 0 aliphatic carbocycles. The Morgan fingerprint density at radius 2 is 1.82 bits per heavy atom. The number of fused-ring (bicyclic) bond motifs is 1. The molecular formula is C25H23F3N4O2. The number of hydrogen-bond donors (Lipinski definition) is 2. The average Bonchev–Trinajstić information content (AvgIpc) is 3.26. The van der Waals surface area contributed by atoms with E-state index in [0.29, 0.717) is 29.9 Å². The fourth-order valence-corrected chi connectivity index (χ4v) is 4.06. The number of nitrogens with one attached hydrogen (secondary N) is 2. The molecule has 1 aromatic heterocycles. The summed E-state index contributed by atoms with van der Waals surface area (Å²) in [5, 5.41) is 5.29. The van der Waals surface area contributed by atoms with Crippen LogP contribution in [-0.2, 0) is 17.6 Å². The van der Waals surface area contributed by atoms with Crippen LogP contribution in [0.25, 0.3) is 0 Å². The minimum Gasteiger partial charge on any atom is -0.359 e. The van der Waals surface area contributed by atoms with Gasteiger partial charge in [-0.2, -0.15) is 0 Å². The van der Waals surface area contributed by atoms with E-state index in [1.165, 1.54) is 0 Å². The summed E-state index contributed by atoms with van der Waals surface area (Å²) < 4.78 is 40.4. The third-order valence-electron chi connectivity index (χ3n) is 5.73. The summed E-state index contributed by atoms with van der Waals surface area (Å²) in [6.45, 7) is 0.841. The first-order valence-corrected chi connectivity index (χ1v) is 10.8. The molecule has 176 valence electrons. The number of nitrogens with zero attached hydrogens (tertiary/aromatic N) is 2. The van der Waals surface area contributed by atoms with E-state index < -0.39 is 17.5 Å². The second-order valence-electron chi connectivity index (χ2n) is 7.96. The predicted octanol–water partition coefficient (Wildman–Crippen LogP) is 3.65. The molecule has 0 unspecified atom stereocenters. The van der Waals surface area contributed by atoms with Crippen LogP contribution >= 0.6 is 0 Å². The Labute approximate surface area is 194 Å². The van der Waals surface area contributed by atoms with E-state index in [2.05, 4.69) is 15.6 Å². The number of amides is 2. The lowest BCUT2D eigenvalue weighted by Crippen LogP contribution is -2.29. The number of anilines is 2. The molecule has 34 heavy (non-hydrogen) atoms. The van der Waals surface area contributed by atoms with Crippen molar-refractivity contribution in [2.45, 2.75) is 19.3 Å². The van der Waals surface area contributed by atoms with E-state index in [0.717, 1.165) is 28.9 Å². The van der Waals surface area contributed by atoms with Crippen LogP contribution in [0.5, 0.6) is 0 Å². The number of halogens is 3. The monoisotopic (exact) mass is 468 g/mol. The highest BCUT2D eigenvalue weighted by molar-refractivity contribution is 5.98. The second kappa shape index (κ2) is 9.94. The van der Waals surface area contributed by atoms with Gasteiger partial charge in [-0.15, -0.1) is 0 Å². The molecule has 2 amide bonds. The number of rotatable bonds is 7. The maximum absolute atomic E-state index is 13.6. The van der Waals surface area contributed by atoms with Crippen LogP contribution in [0, 0.1) is 17.5 Å². The molecule has 3 aromatic rings. The molecule has 6 nitrogen and oxygen atoms in total. The van der Waals surface area contributed by atoms with Gasteiger partial charge in [0.2, 0.25) is 5.91 Å². The summed E-state index contributed by atoms with van der Waals surface area (Å²) in [5.41, 5.74) is 3.35. The number of pyridine rings is 1. The minimum absolute atomic E-state index is 0.151. The molecule has 4 rings (SSSR count). The van der Waals surface area contributed by atoms with Crippen molar-refractivity contribution in [3.63, 3.8) is 0 Å². The first kappa shape index (κ1) is 23.3. The van der Waals surface area contributed by atoms with Crippen molar-refractivity contribution in [1.82, 2.24) is 15.6 Å². The lowest BCUT2D eigenvalue weighted by Gasteiger charge is -2.19. The summed E-state index contributed by atoms with van der Waals surface area (Å²) in [6, 6.07) is 11.0. The van der Waals surface area contributed by atoms with Crippen molar-refractivity contribution in [1.29, 1.82) is 0 Å². The third kappa shape index (κ3) is 4.88. The van der Waals surface area contributed by atoms with Gasteiger partial charge in [0.25, 0.3) is 5.91 Å². The van der Waals surface area contributed by atoms with Crippen LogP contribution in [-0.4, -0.2) is 36.9 Å². The van der Waals surface area contributed by atoms with Gasteiger partial charge in [0.15, 0.2) is 17.5 Å². The molecule has 2 N–H and O–H groups in total. The third-order valence-corrected chi connectivity index (χ3v) is 5.73. The van der Waals surface area contributed by atoms with Crippen LogP contribution in [0.15, 0.2) is 48.7 Å². The molecule has 0 atom stereocenters. The fraction of sp³-hybridized carbons (Fsp3) is 0.240. The van der Waals surface area contributed by atoms with Crippen LogP contribution in [0.3, 0.4) is 0 Å². The molecule has 1 aliphatic heterocycles. The van der Waals surface area contributed by atoms with E-state index in [1.54, 1.807) is 31.4 Å². The van der Waals surface area contributed by atoms with Gasteiger partial charge in [-0.1, -0.05) is 6.07 Å². The zero-order chi connectivity index (χ0) is 24.2. The van der Waals surface area contributed by atoms with E-state index in [9.17, 15) is 22.8 Å². The van der Waals surface area contributed by atoms with Crippen LogP contribution < -0.4 is 15.5 Å². The highest BCUT2D eigenvalue weighted by Gasteiger charge is 2.26. The molecule has 2 aromatic carbocycles. The topological polar surface area (TPSA) is 74.3 Å². The van der Waals surface area contributed by atoms with E-state index >= 15 is 0 Å². The Hall–Kier alpha value is -3.88. The van der Waals surface area contributed by atoms with Gasteiger partial charge in [0.05, 0.1) is 0 Å². The number of aromatic nitrogens is 1. The first-order chi connectivity index (χ1) is 16.4. The van der Waals surface area contributed by atoms with Crippen molar-refractivity contribution in [3.05, 3.63) is 88.4 Å². The van der Waals surface area contributed by atoms with Gasteiger partial charge in [0.1, 0.15) is 5.82 Å². The van der Waals surface area contributed by atoms with Gasteiger partial charge >= 0.3 is 0 Å². The fourth-order valence-electron chi connectivity index (χ4n) is 4.06. The van der Waals surface area contributed by atoms with Crippen molar-refractivity contribution >= 4 is 23.3 Å². The summed E-state index contributed by atoms with van der Waals surface area (Å²) in [6.07, 6.45) is 2.64. The maximum Gasteiger partial charge on any atom is 0.251 e. The lowest BCUT2D eigenvalue weighted by molar-refractivity contribution is -0.120. The molecule has 9 heteroatoms. The number of hydrogen-bond acceptors (Lipinski definition) is 4. The van der Waals surface area contributed by atoms with Crippen LogP contribution in [0.1, 0.15) is 33.5 Å². The predicted molar refractivity (Wildman–Crippen MR) is 122 cm³/mol. The van der Waals surface area contributed by atoms with Crippen molar-refractivity contribution in [3.8, 4) is 0 Å². The highest BCUT2D eigenvalue weighted by atomic mass is 19.2. The van der Waals surface area contributed by atoms with Crippen molar-refractivity contribution in [2.24, 2.45) is 0 Å². The molecule has 0 bridgehead atoms. The smallest absolute Gasteiger partial charge is 0.251 e. The Morgan fingerprint density at radius 1 is 1.06 bits per heavy atom. The zero-order valence-corrected chi connectivity index (χ0v) is 18.5. The molecule has 0 spiro atoms.